The molecule has 3 heterocycles. The Bertz CT molecular complexity index is 662. The zero-order valence-electron chi connectivity index (χ0n) is 16.2. The number of carbonyl (C=O) groups excluding carboxylic acids is 2. The Labute approximate surface area is 155 Å². The molecule has 0 saturated carbocycles. The molecule has 7 heteroatoms. The first-order valence-electron chi connectivity index (χ1n) is 9.38. The van der Waals surface area contributed by atoms with E-state index in [4.69, 9.17) is 10.5 Å². The number of fused-ring (bicyclic) bond motifs is 1. The Morgan fingerprint density at radius 2 is 2.08 bits per heavy atom. The topological polar surface area (TPSA) is 97.6 Å². The molecule has 3 rings (SSSR count). The van der Waals surface area contributed by atoms with Crippen LogP contribution in [0.5, 0.6) is 0 Å². The minimum Gasteiger partial charge on any atom is -0.383 e. The average molecular weight is 362 g/mol. The second kappa shape index (κ2) is 8.98. The van der Waals surface area contributed by atoms with Crippen LogP contribution in [-0.4, -0.2) is 34.8 Å². The first-order chi connectivity index (χ1) is 12.4. The average Bonchev–Trinajstić information content (AvgIpc) is 3.00. The van der Waals surface area contributed by atoms with Gasteiger partial charge in [-0.05, 0) is 25.7 Å². The summed E-state index contributed by atoms with van der Waals surface area (Å²) in [5.41, 5.74) is 7.97. The third-order valence-corrected chi connectivity index (χ3v) is 4.53. The van der Waals surface area contributed by atoms with E-state index in [1.807, 2.05) is 6.92 Å². The minimum atomic E-state index is -0.632. The Hall–Kier alpha value is -2.15. The molecule has 2 aliphatic heterocycles. The molecule has 2 unspecified atom stereocenters. The smallest absolute Gasteiger partial charge is 0.313 e. The van der Waals surface area contributed by atoms with Crippen LogP contribution in [0.2, 0.25) is 0 Å². The van der Waals surface area contributed by atoms with E-state index in [9.17, 15) is 9.59 Å². The minimum absolute atomic E-state index is 0.159. The SMILES string of the molecule is CC1CCCN(C(=O)C(=O)Nc2cnc(N)c3c2COC3C)C1.CCC. The number of likely N-dealkylation sites (tertiary alicyclic amines) is 1. The molecule has 26 heavy (non-hydrogen) atoms. The van der Waals surface area contributed by atoms with Gasteiger partial charge < -0.3 is 20.7 Å². The van der Waals surface area contributed by atoms with Gasteiger partial charge in [-0.1, -0.05) is 27.2 Å². The zero-order valence-corrected chi connectivity index (χ0v) is 16.2. The van der Waals surface area contributed by atoms with E-state index in [0.29, 0.717) is 37.1 Å². The lowest BCUT2D eigenvalue weighted by atomic mass is 10.0. The molecule has 0 bridgehead atoms. The molecule has 1 aromatic heterocycles. The van der Waals surface area contributed by atoms with Crippen LogP contribution >= 0.6 is 0 Å². The van der Waals surface area contributed by atoms with E-state index in [2.05, 4.69) is 31.1 Å². The number of anilines is 2. The molecule has 1 aromatic rings. The maximum atomic E-state index is 12.3. The molecule has 144 valence electrons. The summed E-state index contributed by atoms with van der Waals surface area (Å²) >= 11 is 0. The molecular formula is C19H30N4O3. The number of nitrogens with two attached hydrogens (primary N) is 1. The number of nitrogens with one attached hydrogen (secondary N) is 1. The number of aromatic nitrogens is 1. The maximum absolute atomic E-state index is 12.3. The van der Waals surface area contributed by atoms with Crippen molar-refractivity contribution in [3.05, 3.63) is 17.3 Å². The highest BCUT2D eigenvalue weighted by molar-refractivity contribution is 6.39. The van der Waals surface area contributed by atoms with Gasteiger partial charge in [0.05, 0.1) is 24.6 Å². The van der Waals surface area contributed by atoms with E-state index >= 15 is 0 Å². The summed E-state index contributed by atoms with van der Waals surface area (Å²) in [5.74, 6) is -0.294. The first kappa shape index (κ1) is 20.2. The fourth-order valence-electron chi connectivity index (χ4n) is 3.28. The summed E-state index contributed by atoms with van der Waals surface area (Å²) in [7, 11) is 0. The van der Waals surface area contributed by atoms with Crippen LogP contribution in [0.4, 0.5) is 11.5 Å². The van der Waals surface area contributed by atoms with Crippen molar-refractivity contribution in [2.24, 2.45) is 5.92 Å². The van der Waals surface area contributed by atoms with Crippen LogP contribution in [0.3, 0.4) is 0 Å². The van der Waals surface area contributed by atoms with Gasteiger partial charge >= 0.3 is 11.8 Å². The number of piperidine rings is 1. The van der Waals surface area contributed by atoms with E-state index in [1.165, 1.54) is 12.6 Å². The van der Waals surface area contributed by atoms with Crippen LogP contribution in [0.25, 0.3) is 0 Å². The van der Waals surface area contributed by atoms with Gasteiger partial charge in [-0.15, -0.1) is 0 Å². The van der Waals surface area contributed by atoms with Crippen LogP contribution in [0.1, 0.15) is 64.2 Å². The van der Waals surface area contributed by atoms with Gasteiger partial charge in [0, 0.05) is 24.2 Å². The van der Waals surface area contributed by atoms with Gasteiger partial charge in [0.2, 0.25) is 0 Å². The van der Waals surface area contributed by atoms with Crippen molar-refractivity contribution in [1.82, 2.24) is 9.88 Å². The third kappa shape index (κ3) is 4.52. The van der Waals surface area contributed by atoms with Crippen LogP contribution < -0.4 is 11.1 Å². The highest BCUT2D eigenvalue weighted by Gasteiger charge is 2.29. The number of nitrogen functional groups attached to an aromatic ring is 1. The van der Waals surface area contributed by atoms with Gasteiger partial charge in [-0.25, -0.2) is 4.98 Å². The Morgan fingerprint density at radius 3 is 2.73 bits per heavy atom. The molecule has 3 N–H and O–H groups in total. The molecule has 7 nitrogen and oxygen atoms in total. The van der Waals surface area contributed by atoms with Gasteiger partial charge in [-0.2, -0.15) is 0 Å². The summed E-state index contributed by atoms with van der Waals surface area (Å²) in [6, 6.07) is 0. The number of amides is 2. The predicted octanol–water partition coefficient (Wildman–Crippen LogP) is 2.87. The maximum Gasteiger partial charge on any atom is 0.313 e. The summed E-state index contributed by atoms with van der Waals surface area (Å²) in [6.07, 6.45) is 4.60. The fraction of sp³-hybridized carbons (Fsp3) is 0.632. The highest BCUT2D eigenvalue weighted by atomic mass is 16.5. The van der Waals surface area contributed by atoms with Gasteiger partial charge in [-0.3, -0.25) is 9.59 Å². The number of hydrogen-bond donors (Lipinski definition) is 2. The molecule has 2 aliphatic rings. The quantitative estimate of drug-likeness (QED) is 0.749. The highest BCUT2D eigenvalue weighted by Crippen LogP contribution is 2.37. The lowest BCUT2D eigenvalue weighted by Crippen LogP contribution is -2.44. The molecule has 1 saturated heterocycles. The lowest BCUT2D eigenvalue weighted by Gasteiger charge is -2.30. The third-order valence-electron chi connectivity index (χ3n) is 4.53. The number of pyridine rings is 1. The van der Waals surface area contributed by atoms with Crippen LogP contribution in [0, 0.1) is 5.92 Å². The monoisotopic (exact) mass is 362 g/mol. The van der Waals surface area contributed by atoms with Crippen molar-refractivity contribution in [2.45, 2.75) is 59.7 Å². The van der Waals surface area contributed by atoms with E-state index in [-0.39, 0.29) is 6.10 Å². The molecule has 0 spiro atoms. The second-order valence-corrected chi connectivity index (χ2v) is 7.06. The molecular weight excluding hydrogens is 332 g/mol. The number of hydrogen-bond acceptors (Lipinski definition) is 5. The van der Waals surface area contributed by atoms with Crippen molar-refractivity contribution in [3.63, 3.8) is 0 Å². The standard InChI is InChI=1S/C16H22N4O3.C3H8/c1-9-4-3-5-20(7-9)16(22)15(21)19-12-6-18-14(17)13-10(2)23-8-11(12)13;1-3-2/h6,9-10H,3-5,7-8H2,1-2H3,(H2,17,18)(H,19,21);3H2,1-2H3. The summed E-state index contributed by atoms with van der Waals surface area (Å²) in [4.78, 5) is 30.3. The van der Waals surface area contributed by atoms with Gasteiger partial charge in [0.15, 0.2) is 0 Å². The summed E-state index contributed by atoms with van der Waals surface area (Å²) < 4.78 is 5.55. The van der Waals surface area contributed by atoms with E-state index < -0.39 is 11.8 Å². The van der Waals surface area contributed by atoms with Crippen molar-refractivity contribution in [2.75, 3.05) is 24.1 Å². The lowest BCUT2D eigenvalue weighted by molar-refractivity contribution is -0.144. The van der Waals surface area contributed by atoms with E-state index in [1.54, 1.807) is 4.90 Å². The predicted molar refractivity (Wildman–Crippen MR) is 101 cm³/mol. The normalized spacial score (nSPS) is 21.5. The van der Waals surface area contributed by atoms with Gasteiger partial charge in [0.1, 0.15) is 5.82 Å². The van der Waals surface area contributed by atoms with Crippen molar-refractivity contribution < 1.29 is 14.3 Å². The molecule has 0 aromatic carbocycles. The Balaban J connectivity index is 0.000000758. The summed E-state index contributed by atoms with van der Waals surface area (Å²) in [5, 5.41) is 2.67. The molecule has 0 aliphatic carbocycles. The summed E-state index contributed by atoms with van der Waals surface area (Å²) in [6.45, 7) is 9.84. The molecule has 0 radical (unpaired) electrons. The number of nitrogens with zero attached hydrogens (tertiary/aromatic N) is 2. The van der Waals surface area contributed by atoms with Gasteiger partial charge in [0.25, 0.3) is 0 Å². The first-order valence-corrected chi connectivity index (χ1v) is 9.38. The number of carbonyl (C=O) groups is 2. The van der Waals surface area contributed by atoms with Crippen LogP contribution in [-0.2, 0) is 20.9 Å². The van der Waals surface area contributed by atoms with Crippen molar-refractivity contribution >= 4 is 23.3 Å². The Kier molecular flexibility index (Phi) is 6.97. The van der Waals surface area contributed by atoms with Crippen LogP contribution in [0.15, 0.2) is 6.20 Å². The van der Waals surface area contributed by atoms with Crippen molar-refractivity contribution in [3.8, 4) is 0 Å². The number of rotatable bonds is 1. The fourth-order valence-corrected chi connectivity index (χ4v) is 3.28. The van der Waals surface area contributed by atoms with Crippen molar-refractivity contribution in [1.29, 1.82) is 0 Å². The molecule has 1 fully saturated rings. The Morgan fingerprint density at radius 1 is 1.38 bits per heavy atom. The zero-order chi connectivity index (χ0) is 19.3. The van der Waals surface area contributed by atoms with E-state index in [0.717, 1.165) is 24.0 Å². The molecule has 2 amide bonds. The number of ether oxygens (including phenoxy) is 1. The molecule has 2 atom stereocenters. The largest absolute Gasteiger partial charge is 0.383 e. The second-order valence-electron chi connectivity index (χ2n) is 7.06.